The van der Waals surface area contributed by atoms with Gasteiger partial charge in [-0.2, -0.15) is 0 Å². The van der Waals surface area contributed by atoms with Crippen molar-refractivity contribution in [3.05, 3.63) is 65.7 Å². The summed E-state index contributed by atoms with van der Waals surface area (Å²) in [5, 5.41) is 3.99. The number of likely N-dealkylation sites (N-methyl/N-ethyl adjacent to an activating group) is 1. The van der Waals surface area contributed by atoms with E-state index in [-0.39, 0.29) is 6.04 Å². The molecular formula is C23H26ClN9. The largest absolute Gasteiger partial charge is 0.351 e. The number of rotatable bonds is 6. The molecule has 1 fully saturated rings. The van der Waals surface area contributed by atoms with E-state index in [2.05, 4.69) is 37.1 Å². The van der Waals surface area contributed by atoms with E-state index in [0.717, 1.165) is 54.6 Å². The average molecular weight is 464 g/mol. The zero-order chi connectivity index (χ0) is 22.8. The Labute approximate surface area is 197 Å². The Balaban J connectivity index is 1.44. The number of piperazine rings is 1. The second-order valence-corrected chi connectivity index (χ2v) is 8.57. The van der Waals surface area contributed by atoms with Gasteiger partial charge in [-0.05, 0) is 30.8 Å². The van der Waals surface area contributed by atoms with Crippen LogP contribution < -0.4 is 16.0 Å². The molecule has 1 unspecified atom stereocenters. The molecule has 1 atom stereocenters. The summed E-state index contributed by atoms with van der Waals surface area (Å²) in [4.78, 5) is 23.1. The molecule has 0 radical (unpaired) electrons. The van der Waals surface area contributed by atoms with Crippen LogP contribution >= 0.6 is 11.6 Å². The van der Waals surface area contributed by atoms with E-state index in [1.807, 2.05) is 53.3 Å². The van der Waals surface area contributed by atoms with Crippen LogP contribution in [0.4, 0.5) is 11.8 Å². The Hall–Kier alpha value is -3.27. The monoisotopic (exact) mass is 463 g/mol. The van der Waals surface area contributed by atoms with Crippen molar-refractivity contribution in [2.45, 2.75) is 6.04 Å². The lowest BCUT2D eigenvalue weighted by Gasteiger charge is -2.33. The third-order valence-electron chi connectivity index (χ3n) is 5.92. The van der Waals surface area contributed by atoms with E-state index in [9.17, 15) is 0 Å². The van der Waals surface area contributed by atoms with Crippen molar-refractivity contribution < 1.29 is 0 Å². The molecule has 1 aliphatic heterocycles. The molecule has 9 nitrogen and oxygen atoms in total. The number of hydrogen-bond acceptors (Lipinski definition) is 8. The summed E-state index contributed by atoms with van der Waals surface area (Å²) in [6.45, 7) is 4.25. The highest BCUT2D eigenvalue weighted by Gasteiger charge is 2.20. The molecule has 0 amide bonds. The third-order valence-corrected chi connectivity index (χ3v) is 6.16. The van der Waals surface area contributed by atoms with Crippen molar-refractivity contribution in [3.8, 4) is 11.4 Å². The molecule has 0 aliphatic carbocycles. The first-order chi connectivity index (χ1) is 16.1. The van der Waals surface area contributed by atoms with Crippen molar-refractivity contribution in [2.24, 2.45) is 5.73 Å². The Morgan fingerprint density at radius 1 is 1.09 bits per heavy atom. The number of halogens is 1. The lowest BCUT2D eigenvalue weighted by atomic mass is 10.1. The first-order valence-electron chi connectivity index (χ1n) is 10.9. The lowest BCUT2D eigenvalue weighted by molar-refractivity contribution is 0.312. The summed E-state index contributed by atoms with van der Waals surface area (Å²) in [6.07, 6.45) is 7.30. The summed E-state index contributed by atoms with van der Waals surface area (Å²) < 4.78 is 2.03. The first-order valence-corrected chi connectivity index (χ1v) is 11.3. The van der Waals surface area contributed by atoms with Crippen molar-refractivity contribution in [1.82, 2.24) is 29.2 Å². The lowest BCUT2D eigenvalue weighted by Crippen LogP contribution is -2.45. The molecule has 4 aromatic rings. The van der Waals surface area contributed by atoms with Crippen LogP contribution in [0, 0.1) is 0 Å². The van der Waals surface area contributed by atoms with Gasteiger partial charge in [0.2, 0.25) is 5.95 Å². The van der Waals surface area contributed by atoms with Crippen molar-refractivity contribution in [3.63, 3.8) is 0 Å². The standard InChI is InChI=1S/C23H26ClN9/c1-31-9-11-32(12-10-31)21-22-28-15-20(33(22)8-7-26-21)18-5-6-27-23(29-18)30-19(14-25)16-3-2-4-17(24)13-16/h2-8,13,15,19H,9-12,14,25H2,1H3,(H,27,29,30). The van der Waals surface area contributed by atoms with E-state index in [4.69, 9.17) is 22.3 Å². The predicted molar refractivity (Wildman–Crippen MR) is 131 cm³/mol. The van der Waals surface area contributed by atoms with E-state index < -0.39 is 0 Å². The molecule has 0 spiro atoms. The topological polar surface area (TPSA) is 100 Å². The number of fused-ring (bicyclic) bond motifs is 1. The number of nitrogens with one attached hydrogen (secondary N) is 1. The molecule has 4 heterocycles. The molecule has 0 bridgehead atoms. The molecule has 3 aromatic heterocycles. The van der Waals surface area contributed by atoms with E-state index in [0.29, 0.717) is 17.5 Å². The van der Waals surface area contributed by atoms with Gasteiger partial charge in [-0.25, -0.2) is 19.9 Å². The molecule has 0 saturated carbocycles. The number of anilines is 2. The maximum atomic E-state index is 6.15. The van der Waals surface area contributed by atoms with Crippen molar-refractivity contribution in [2.75, 3.05) is 50.0 Å². The molecule has 10 heteroatoms. The minimum atomic E-state index is -0.158. The van der Waals surface area contributed by atoms with Crippen LogP contribution in [-0.4, -0.2) is 69.0 Å². The Morgan fingerprint density at radius 3 is 2.73 bits per heavy atom. The first kappa shape index (κ1) is 21.6. The summed E-state index contributed by atoms with van der Waals surface area (Å²) >= 11 is 6.15. The highest BCUT2D eigenvalue weighted by molar-refractivity contribution is 6.30. The van der Waals surface area contributed by atoms with E-state index >= 15 is 0 Å². The smallest absolute Gasteiger partial charge is 0.223 e. The average Bonchev–Trinajstić information content (AvgIpc) is 3.28. The van der Waals surface area contributed by atoms with Gasteiger partial charge in [0.1, 0.15) is 0 Å². The molecule has 33 heavy (non-hydrogen) atoms. The van der Waals surface area contributed by atoms with Gasteiger partial charge in [-0.15, -0.1) is 0 Å². The van der Waals surface area contributed by atoms with Crippen LogP contribution in [0.2, 0.25) is 5.02 Å². The van der Waals surface area contributed by atoms with E-state index in [1.54, 1.807) is 6.20 Å². The SMILES string of the molecule is CN1CCN(c2nccn3c(-c4ccnc(NC(CN)c5cccc(Cl)c5)n4)cnc23)CC1. The minimum Gasteiger partial charge on any atom is -0.351 e. The summed E-state index contributed by atoms with van der Waals surface area (Å²) in [5.41, 5.74) is 9.46. The third kappa shape index (κ3) is 4.47. The van der Waals surface area contributed by atoms with Crippen LogP contribution in [0.25, 0.3) is 17.0 Å². The maximum Gasteiger partial charge on any atom is 0.223 e. The summed E-state index contributed by atoms with van der Waals surface area (Å²) in [6, 6.07) is 9.34. The summed E-state index contributed by atoms with van der Waals surface area (Å²) in [5.74, 6) is 1.39. The van der Waals surface area contributed by atoms with Crippen molar-refractivity contribution >= 4 is 29.0 Å². The normalized spacial score (nSPS) is 15.7. The van der Waals surface area contributed by atoms with Gasteiger partial charge >= 0.3 is 0 Å². The Kier molecular flexibility index (Phi) is 6.08. The van der Waals surface area contributed by atoms with Gasteiger partial charge in [0, 0.05) is 56.3 Å². The molecule has 3 N–H and O–H groups in total. The van der Waals surface area contributed by atoms with Crippen LogP contribution in [-0.2, 0) is 0 Å². The molecule has 1 aliphatic rings. The van der Waals surface area contributed by atoms with Gasteiger partial charge in [0.15, 0.2) is 11.5 Å². The number of benzene rings is 1. The van der Waals surface area contributed by atoms with Gasteiger partial charge in [-0.1, -0.05) is 23.7 Å². The Morgan fingerprint density at radius 2 is 1.94 bits per heavy atom. The van der Waals surface area contributed by atoms with E-state index in [1.165, 1.54) is 0 Å². The maximum absolute atomic E-state index is 6.15. The van der Waals surface area contributed by atoms with Crippen molar-refractivity contribution in [1.29, 1.82) is 0 Å². The second kappa shape index (κ2) is 9.30. The van der Waals surface area contributed by atoms with Crippen LogP contribution in [0.5, 0.6) is 0 Å². The zero-order valence-corrected chi connectivity index (χ0v) is 19.2. The highest BCUT2D eigenvalue weighted by atomic mass is 35.5. The van der Waals surface area contributed by atoms with Gasteiger partial charge in [0.25, 0.3) is 0 Å². The number of hydrogen-bond donors (Lipinski definition) is 2. The fourth-order valence-electron chi connectivity index (χ4n) is 4.06. The number of nitrogens with two attached hydrogens (primary N) is 1. The Bertz CT molecular complexity index is 1250. The highest BCUT2D eigenvalue weighted by Crippen LogP contribution is 2.26. The minimum absolute atomic E-state index is 0.158. The fourth-order valence-corrected chi connectivity index (χ4v) is 4.26. The van der Waals surface area contributed by atoms with Crippen LogP contribution in [0.15, 0.2) is 55.1 Å². The molecule has 1 saturated heterocycles. The second-order valence-electron chi connectivity index (χ2n) is 8.13. The number of aromatic nitrogens is 5. The van der Waals surface area contributed by atoms with Gasteiger partial charge in [-0.3, -0.25) is 4.40 Å². The quantitative estimate of drug-likeness (QED) is 0.450. The zero-order valence-electron chi connectivity index (χ0n) is 18.4. The fraction of sp³-hybridized carbons (Fsp3) is 0.304. The van der Waals surface area contributed by atoms with Gasteiger partial charge in [0.05, 0.1) is 23.6 Å². The van der Waals surface area contributed by atoms with Gasteiger partial charge < -0.3 is 20.9 Å². The summed E-state index contributed by atoms with van der Waals surface area (Å²) in [7, 11) is 2.14. The van der Waals surface area contributed by atoms with Crippen LogP contribution in [0.1, 0.15) is 11.6 Å². The number of imidazole rings is 1. The molecule has 1 aromatic carbocycles. The molecular weight excluding hydrogens is 438 g/mol. The van der Waals surface area contributed by atoms with Crippen LogP contribution in [0.3, 0.4) is 0 Å². The molecule has 170 valence electrons. The number of nitrogens with zero attached hydrogens (tertiary/aromatic N) is 7. The predicted octanol–water partition coefficient (Wildman–Crippen LogP) is 2.70. The molecule has 5 rings (SSSR count).